The van der Waals surface area contributed by atoms with Crippen molar-refractivity contribution in [3.05, 3.63) is 0 Å². The first-order chi connectivity index (χ1) is 4.45. The van der Waals surface area contributed by atoms with Gasteiger partial charge >= 0.3 is 6.80 Å². The van der Waals surface area contributed by atoms with Crippen LogP contribution in [-0.4, -0.2) is 24.8 Å². The van der Waals surface area contributed by atoms with Gasteiger partial charge < -0.3 is 9.79 Å². The molecule has 0 saturated carbocycles. The minimum atomic E-state index is -4.01. The Hall–Kier alpha value is 0.650. The molecule has 0 bridgehead atoms. The Labute approximate surface area is 65.8 Å². The van der Waals surface area contributed by atoms with E-state index >= 15 is 0 Å². The molecule has 0 aromatic rings. The monoisotopic (exact) mass is 204 g/mol. The van der Waals surface area contributed by atoms with Gasteiger partial charge in [0.25, 0.3) is 0 Å². The van der Waals surface area contributed by atoms with Crippen LogP contribution in [0, 0.1) is 0 Å². The molecule has 1 atom stereocenters. The molecule has 1 unspecified atom stereocenters. The summed E-state index contributed by atoms with van der Waals surface area (Å²) in [5, 5.41) is 0.0147. The average Bonchev–Trinajstić information content (AvgIpc) is 1.81. The van der Waals surface area contributed by atoms with Gasteiger partial charge in [-0.2, -0.15) is 0 Å². The zero-order valence-electron chi connectivity index (χ0n) is 5.39. The van der Waals surface area contributed by atoms with Crippen molar-refractivity contribution in [3.63, 3.8) is 0 Å². The average molecular weight is 204 g/mol. The van der Waals surface area contributed by atoms with Crippen LogP contribution in [0.4, 0.5) is 0 Å². The smallest absolute Gasteiger partial charge is 0.317 e. The molecule has 2 N–H and O–H groups in total. The lowest BCUT2D eigenvalue weighted by molar-refractivity contribution is 0.397. The maximum atomic E-state index is 10.6. The van der Waals surface area contributed by atoms with Gasteiger partial charge in [0.1, 0.15) is 0 Å². The first-order valence-electron chi connectivity index (χ1n) is 2.50. The third-order valence-corrected chi connectivity index (χ3v) is 5.09. The first kappa shape index (κ1) is 10.7. The summed E-state index contributed by atoms with van der Waals surface area (Å²) < 4.78 is 20.8. The van der Waals surface area contributed by atoms with Crippen molar-refractivity contribution in [2.24, 2.45) is 0 Å². The minimum Gasteiger partial charge on any atom is -0.317 e. The molecule has 0 saturated heterocycles. The highest BCUT2D eigenvalue weighted by molar-refractivity contribution is 8.56. The van der Waals surface area contributed by atoms with Gasteiger partial charge in [-0.15, -0.1) is 0 Å². The molecule has 0 heterocycles. The fourth-order valence-corrected chi connectivity index (χ4v) is 4.19. The molecule has 0 rings (SSSR count). The van der Waals surface area contributed by atoms with E-state index in [0.717, 1.165) is 0 Å². The lowest BCUT2D eigenvalue weighted by Gasteiger charge is -2.00. The molecule has 0 aliphatic rings. The molecule has 10 heavy (non-hydrogen) atoms. The first-order valence-corrected chi connectivity index (χ1v) is 7.20. The minimum absolute atomic E-state index is 0.0147. The van der Waals surface area contributed by atoms with Crippen molar-refractivity contribution in [2.75, 3.05) is 10.8 Å². The van der Waals surface area contributed by atoms with Crippen LogP contribution in [-0.2, 0) is 15.4 Å². The van der Waals surface area contributed by atoms with E-state index < -0.39 is 17.6 Å². The van der Waals surface area contributed by atoms with E-state index in [9.17, 15) is 8.77 Å². The van der Waals surface area contributed by atoms with Crippen LogP contribution in [0.5, 0.6) is 0 Å². The number of hydrogen-bond donors (Lipinski definition) is 2. The van der Waals surface area contributed by atoms with Gasteiger partial charge in [0, 0.05) is 16.6 Å². The van der Waals surface area contributed by atoms with Gasteiger partial charge in [0.15, 0.2) is 0 Å². The summed E-state index contributed by atoms with van der Waals surface area (Å²) in [5.41, 5.74) is 0. The van der Waals surface area contributed by atoms with Crippen LogP contribution in [0.3, 0.4) is 0 Å². The van der Waals surface area contributed by atoms with Crippen LogP contribution in [0.1, 0.15) is 6.92 Å². The zero-order chi connectivity index (χ0) is 8.20. The molecular weight excluding hydrogens is 195 g/mol. The molecular formula is C3H9O4PS2. The molecule has 0 aromatic carbocycles. The van der Waals surface area contributed by atoms with E-state index in [-0.39, 0.29) is 5.08 Å². The van der Waals surface area contributed by atoms with Crippen molar-refractivity contribution < 1.29 is 18.6 Å². The van der Waals surface area contributed by atoms with E-state index in [4.69, 9.17) is 9.79 Å². The van der Waals surface area contributed by atoms with Crippen LogP contribution in [0.15, 0.2) is 0 Å². The number of rotatable bonds is 4. The molecule has 4 nitrogen and oxygen atoms in total. The summed E-state index contributed by atoms with van der Waals surface area (Å²) in [4.78, 5) is 16.6. The molecule has 7 heteroatoms. The van der Waals surface area contributed by atoms with Crippen LogP contribution < -0.4 is 0 Å². The standard InChI is InChI=1S/C3H9O4PS2/c1-2-10(7)3-9-8(4,5)6/h2-3H2,1H3,(H2,4,5,6). The van der Waals surface area contributed by atoms with E-state index in [1.54, 1.807) is 6.92 Å². The fourth-order valence-electron chi connectivity index (χ4n) is 0.211. The summed E-state index contributed by atoms with van der Waals surface area (Å²) in [6.45, 7) is -2.30. The van der Waals surface area contributed by atoms with Gasteiger partial charge in [-0.05, 0) is 11.4 Å². The van der Waals surface area contributed by atoms with Crippen molar-refractivity contribution >= 4 is 29.0 Å². The van der Waals surface area contributed by atoms with Crippen molar-refractivity contribution in [1.82, 2.24) is 0 Å². The Balaban J connectivity index is 3.56. The van der Waals surface area contributed by atoms with Gasteiger partial charge in [0.05, 0.1) is 5.08 Å². The summed E-state index contributed by atoms with van der Waals surface area (Å²) in [6, 6.07) is 0. The zero-order valence-corrected chi connectivity index (χ0v) is 7.92. The van der Waals surface area contributed by atoms with Gasteiger partial charge in [-0.25, -0.2) is 4.57 Å². The van der Waals surface area contributed by atoms with Crippen LogP contribution in [0.2, 0.25) is 0 Å². The highest BCUT2D eigenvalue weighted by Gasteiger charge is 2.14. The normalized spacial score (nSPS) is 15.1. The Morgan fingerprint density at radius 1 is 1.60 bits per heavy atom. The summed E-state index contributed by atoms with van der Waals surface area (Å²) in [5.74, 6) is 0.438. The van der Waals surface area contributed by atoms with Crippen molar-refractivity contribution in [3.8, 4) is 0 Å². The van der Waals surface area contributed by atoms with E-state index in [1.165, 1.54) is 0 Å². The highest BCUT2D eigenvalue weighted by Crippen LogP contribution is 2.50. The van der Waals surface area contributed by atoms with Gasteiger partial charge in [0.2, 0.25) is 0 Å². The van der Waals surface area contributed by atoms with Crippen molar-refractivity contribution in [2.45, 2.75) is 6.92 Å². The SMILES string of the molecule is CCS(=O)CSP(=O)(O)O. The summed E-state index contributed by atoms with van der Waals surface area (Å²) >= 11 is 0.433. The maximum Gasteiger partial charge on any atom is 0.384 e. The third kappa shape index (κ3) is 6.77. The molecule has 0 fully saturated rings. The maximum absolute atomic E-state index is 10.6. The van der Waals surface area contributed by atoms with E-state index in [1.807, 2.05) is 0 Å². The Morgan fingerprint density at radius 2 is 2.10 bits per heavy atom. The second kappa shape index (κ2) is 4.51. The topological polar surface area (TPSA) is 74.6 Å². The second-order valence-corrected chi connectivity index (χ2v) is 7.31. The molecule has 0 radical (unpaired) electrons. The molecule has 62 valence electrons. The highest BCUT2D eigenvalue weighted by atomic mass is 32.7. The van der Waals surface area contributed by atoms with Crippen LogP contribution in [0.25, 0.3) is 0 Å². The molecule has 0 spiro atoms. The molecule has 0 amide bonds. The Morgan fingerprint density at radius 3 is 2.40 bits per heavy atom. The van der Waals surface area contributed by atoms with Gasteiger partial charge in [-0.1, -0.05) is 6.92 Å². The predicted molar refractivity (Wildman–Crippen MR) is 43.2 cm³/mol. The molecule has 0 aromatic heterocycles. The summed E-state index contributed by atoms with van der Waals surface area (Å²) in [7, 11) is -1.10. The van der Waals surface area contributed by atoms with E-state index in [2.05, 4.69) is 0 Å². The molecule has 0 aliphatic heterocycles. The fraction of sp³-hybridized carbons (Fsp3) is 1.00. The largest absolute Gasteiger partial charge is 0.384 e. The van der Waals surface area contributed by atoms with Crippen LogP contribution >= 0.6 is 18.2 Å². The quantitative estimate of drug-likeness (QED) is 0.654. The van der Waals surface area contributed by atoms with Gasteiger partial charge in [-0.3, -0.25) is 4.21 Å². The van der Waals surface area contributed by atoms with Crippen molar-refractivity contribution in [1.29, 1.82) is 0 Å². The second-order valence-electron chi connectivity index (χ2n) is 1.47. The van der Waals surface area contributed by atoms with E-state index in [0.29, 0.717) is 17.1 Å². The predicted octanol–water partition coefficient (Wildman–Crippen LogP) is 0.538. The number of hydrogen-bond acceptors (Lipinski definition) is 3. The summed E-state index contributed by atoms with van der Waals surface area (Å²) in [6.07, 6.45) is 0. The Kier molecular flexibility index (Phi) is 4.81. The lowest BCUT2D eigenvalue weighted by Crippen LogP contribution is -1.94. The third-order valence-electron chi connectivity index (χ3n) is 0.674. The Bertz CT molecular complexity index is 164. The lowest BCUT2D eigenvalue weighted by atomic mass is 11.0. The molecule has 0 aliphatic carbocycles.